The number of methoxy groups -OCH3 is 1. The van der Waals surface area contributed by atoms with Crippen molar-refractivity contribution in [2.75, 3.05) is 34.4 Å². The van der Waals surface area contributed by atoms with Crippen LogP contribution in [0.5, 0.6) is 17.2 Å². The van der Waals surface area contributed by atoms with Crippen molar-refractivity contribution in [3.8, 4) is 17.2 Å². The van der Waals surface area contributed by atoms with Crippen molar-refractivity contribution in [3.05, 3.63) is 54.1 Å². The summed E-state index contributed by atoms with van der Waals surface area (Å²) < 4.78 is 17.2. The fourth-order valence-corrected chi connectivity index (χ4v) is 2.92. The molecule has 2 aromatic rings. The first kappa shape index (κ1) is 21.1. The average Bonchev–Trinajstić information content (AvgIpc) is 2.68. The van der Waals surface area contributed by atoms with Gasteiger partial charge < -0.3 is 24.4 Å². The van der Waals surface area contributed by atoms with Crippen molar-refractivity contribution >= 4 is 29.9 Å². The molecule has 1 aliphatic rings. The molecule has 0 saturated carbocycles. The van der Waals surface area contributed by atoms with Gasteiger partial charge in [0.25, 0.3) is 0 Å². The average molecular weight is 483 g/mol. The van der Waals surface area contributed by atoms with E-state index >= 15 is 0 Å². The molecule has 1 N–H and O–H groups in total. The van der Waals surface area contributed by atoms with E-state index in [1.54, 1.807) is 14.2 Å². The Morgan fingerprint density at radius 1 is 1.19 bits per heavy atom. The Morgan fingerprint density at radius 3 is 2.63 bits per heavy atom. The molecule has 27 heavy (non-hydrogen) atoms. The second-order valence-electron chi connectivity index (χ2n) is 6.09. The van der Waals surface area contributed by atoms with Crippen molar-refractivity contribution in [2.24, 2.45) is 4.99 Å². The SMILES string of the molecule is CN=C(NCC1COc2ccccc2O1)N(C)Cc1ccccc1OC.I. The molecule has 0 aromatic heterocycles. The van der Waals surface area contributed by atoms with Crippen molar-refractivity contribution in [1.82, 2.24) is 10.2 Å². The number of ether oxygens (including phenoxy) is 3. The lowest BCUT2D eigenvalue weighted by atomic mass is 10.2. The van der Waals surface area contributed by atoms with E-state index in [-0.39, 0.29) is 30.1 Å². The van der Waals surface area contributed by atoms with E-state index in [2.05, 4.69) is 21.3 Å². The minimum absolute atomic E-state index is 0. The van der Waals surface area contributed by atoms with Crippen LogP contribution in [0.2, 0.25) is 0 Å². The van der Waals surface area contributed by atoms with Gasteiger partial charge in [0.1, 0.15) is 18.5 Å². The Labute approximate surface area is 177 Å². The zero-order chi connectivity index (χ0) is 18.4. The van der Waals surface area contributed by atoms with Gasteiger partial charge in [-0.05, 0) is 18.2 Å². The van der Waals surface area contributed by atoms with Gasteiger partial charge in [-0.1, -0.05) is 30.3 Å². The third-order valence-corrected chi connectivity index (χ3v) is 4.23. The molecule has 0 radical (unpaired) electrons. The summed E-state index contributed by atoms with van der Waals surface area (Å²) in [5.74, 6) is 3.23. The third kappa shape index (κ3) is 5.41. The molecule has 7 heteroatoms. The van der Waals surface area contributed by atoms with E-state index in [0.717, 1.165) is 28.8 Å². The molecular formula is C20H26IN3O3. The van der Waals surface area contributed by atoms with Crippen LogP contribution in [0.1, 0.15) is 5.56 Å². The molecule has 1 aliphatic heterocycles. The highest BCUT2D eigenvalue weighted by molar-refractivity contribution is 14.0. The van der Waals surface area contributed by atoms with Gasteiger partial charge in [-0.15, -0.1) is 24.0 Å². The van der Waals surface area contributed by atoms with E-state index < -0.39 is 0 Å². The quantitative estimate of drug-likeness (QED) is 0.403. The molecule has 6 nitrogen and oxygen atoms in total. The molecule has 0 amide bonds. The molecule has 1 atom stereocenters. The van der Waals surface area contributed by atoms with Crippen LogP contribution in [0, 0.1) is 0 Å². The van der Waals surface area contributed by atoms with Crippen LogP contribution in [0.4, 0.5) is 0 Å². The van der Waals surface area contributed by atoms with Crippen LogP contribution in [0.15, 0.2) is 53.5 Å². The maximum absolute atomic E-state index is 5.98. The minimum atomic E-state index is -0.0682. The summed E-state index contributed by atoms with van der Waals surface area (Å²) in [6, 6.07) is 15.7. The Bertz CT molecular complexity index is 770. The van der Waals surface area contributed by atoms with Gasteiger partial charge in [-0.25, -0.2) is 0 Å². The maximum atomic E-state index is 5.98. The van der Waals surface area contributed by atoms with Crippen LogP contribution >= 0.6 is 24.0 Å². The van der Waals surface area contributed by atoms with Gasteiger partial charge in [0.2, 0.25) is 0 Å². The molecule has 0 aliphatic carbocycles. The first-order valence-electron chi connectivity index (χ1n) is 8.63. The van der Waals surface area contributed by atoms with E-state index in [0.29, 0.717) is 19.7 Å². The van der Waals surface area contributed by atoms with Crippen LogP contribution in [-0.2, 0) is 6.54 Å². The monoisotopic (exact) mass is 483 g/mol. The van der Waals surface area contributed by atoms with Crippen molar-refractivity contribution in [1.29, 1.82) is 0 Å². The summed E-state index contributed by atoms with van der Waals surface area (Å²) in [5, 5.41) is 3.36. The zero-order valence-corrected chi connectivity index (χ0v) is 18.2. The molecule has 1 unspecified atom stereocenters. The lowest BCUT2D eigenvalue weighted by molar-refractivity contribution is 0.0932. The van der Waals surface area contributed by atoms with Crippen LogP contribution in [-0.4, -0.2) is 51.3 Å². The predicted molar refractivity (Wildman–Crippen MR) is 118 cm³/mol. The summed E-state index contributed by atoms with van der Waals surface area (Å²) in [5.41, 5.74) is 1.10. The summed E-state index contributed by atoms with van der Waals surface area (Å²) in [6.45, 7) is 1.81. The number of para-hydroxylation sites is 3. The van der Waals surface area contributed by atoms with E-state index in [4.69, 9.17) is 14.2 Å². The van der Waals surface area contributed by atoms with Crippen molar-refractivity contribution in [3.63, 3.8) is 0 Å². The van der Waals surface area contributed by atoms with Crippen LogP contribution in [0.3, 0.4) is 0 Å². The topological polar surface area (TPSA) is 55.3 Å². The second-order valence-corrected chi connectivity index (χ2v) is 6.09. The number of fused-ring (bicyclic) bond motifs is 1. The Balaban J connectivity index is 0.00000261. The molecule has 1 heterocycles. The highest BCUT2D eigenvalue weighted by Crippen LogP contribution is 2.30. The van der Waals surface area contributed by atoms with Gasteiger partial charge in [0.05, 0.1) is 13.7 Å². The standard InChI is InChI=1S/C20H25N3O3.HI/c1-21-20(23(2)13-15-8-4-5-9-17(15)24-3)22-12-16-14-25-18-10-6-7-11-19(18)26-16;/h4-11,16H,12-14H2,1-3H3,(H,21,22);1H. The van der Waals surface area contributed by atoms with Gasteiger partial charge in [-0.2, -0.15) is 0 Å². The third-order valence-electron chi connectivity index (χ3n) is 4.23. The number of nitrogens with zero attached hydrogens (tertiary/aromatic N) is 2. The molecule has 2 aromatic carbocycles. The lowest BCUT2D eigenvalue weighted by Crippen LogP contribution is -2.45. The highest BCUT2D eigenvalue weighted by Gasteiger charge is 2.21. The molecule has 146 valence electrons. The van der Waals surface area contributed by atoms with Gasteiger partial charge in [-0.3, -0.25) is 4.99 Å². The van der Waals surface area contributed by atoms with Crippen LogP contribution in [0.25, 0.3) is 0 Å². The Morgan fingerprint density at radius 2 is 1.89 bits per heavy atom. The molecule has 0 spiro atoms. The number of rotatable bonds is 5. The first-order chi connectivity index (χ1) is 12.7. The van der Waals surface area contributed by atoms with Crippen molar-refractivity contribution in [2.45, 2.75) is 12.6 Å². The number of halogens is 1. The van der Waals surface area contributed by atoms with E-state index in [1.165, 1.54) is 0 Å². The van der Waals surface area contributed by atoms with Gasteiger partial charge >= 0.3 is 0 Å². The van der Waals surface area contributed by atoms with Gasteiger partial charge in [0, 0.05) is 26.2 Å². The molecule has 0 bridgehead atoms. The largest absolute Gasteiger partial charge is 0.496 e. The molecule has 0 saturated heterocycles. The summed E-state index contributed by atoms with van der Waals surface area (Å²) in [6.07, 6.45) is -0.0682. The van der Waals surface area contributed by atoms with Crippen LogP contribution < -0.4 is 19.5 Å². The molecule has 3 rings (SSSR count). The predicted octanol–water partition coefficient (Wildman–Crippen LogP) is 3.16. The number of aliphatic imine (C=N–C) groups is 1. The van der Waals surface area contributed by atoms with Crippen molar-refractivity contribution < 1.29 is 14.2 Å². The number of benzene rings is 2. The summed E-state index contributed by atoms with van der Waals surface area (Å²) >= 11 is 0. The lowest BCUT2D eigenvalue weighted by Gasteiger charge is -2.28. The Kier molecular flexibility index (Phi) is 8.02. The molecule has 0 fully saturated rings. The highest BCUT2D eigenvalue weighted by atomic mass is 127. The first-order valence-corrected chi connectivity index (χ1v) is 8.63. The molecular weight excluding hydrogens is 457 g/mol. The second kappa shape index (κ2) is 10.2. The van der Waals surface area contributed by atoms with E-state index in [1.807, 2.05) is 49.5 Å². The number of hydrogen-bond acceptors (Lipinski definition) is 4. The van der Waals surface area contributed by atoms with Gasteiger partial charge in [0.15, 0.2) is 17.5 Å². The minimum Gasteiger partial charge on any atom is -0.496 e. The summed E-state index contributed by atoms with van der Waals surface area (Å²) in [4.78, 5) is 6.41. The number of nitrogens with one attached hydrogen (secondary N) is 1. The maximum Gasteiger partial charge on any atom is 0.193 e. The van der Waals surface area contributed by atoms with E-state index in [9.17, 15) is 0 Å². The zero-order valence-electron chi connectivity index (χ0n) is 15.8. The Hall–Kier alpha value is -2.16. The summed E-state index contributed by atoms with van der Waals surface area (Å²) in [7, 11) is 5.45. The number of hydrogen-bond donors (Lipinski definition) is 1. The fourth-order valence-electron chi connectivity index (χ4n) is 2.92. The fraction of sp³-hybridized carbons (Fsp3) is 0.350. The number of guanidine groups is 1. The normalized spacial score (nSPS) is 15.5. The smallest absolute Gasteiger partial charge is 0.193 e.